The maximum Gasteiger partial charge on any atom is 0.224 e. The van der Waals surface area contributed by atoms with Gasteiger partial charge in [-0.3, -0.25) is 4.79 Å². The summed E-state index contributed by atoms with van der Waals surface area (Å²) in [6.07, 6.45) is 10.1. The molecule has 4 aliphatic carbocycles. The van der Waals surface area contributed by atoms with E-state index in [0.717, 1.165) is 36.5 Å². The van der Waals surface area contributed by atoms with Crippen LogP contribution in [0, 0.1) is 29.6 Å². The summed E-state index contributed by atoms with van der Waals surface area (Å²) < 4.78 is 0. The summed E-state index contributed by atoms with van der Waals surface area (Å²) in [6, 6.07) is 0. The molecule has 0 aliphatic heterocycles. The third-order valence-electron chi connectivity index (χ3n) is 6.63. The van der Waals surface area contributed by atoms with Crippen molar-refractivity contribution < 1.29 is 4.79 Å². The Morgan fingerprint density at radius 3 is 2.32 bits per heavy atom. The molecule has 0 radical (unpaired) electrons. The van der Waals surface area contributed by atoms with Crippen LogP contribution in [-0.4, -0.2) is 18.0 Å². The number of carbonyl (C=O) groups is 1. The average molecular weight is 262 g/mol. The predicted molar refractivity (Wildman–Crippen MR) is 74.3 cm³/mol. The topological polar surface area (TPSA) is 55.1 Å². The van der Waals surface area contributed by atoms with Gasteiger partial charge in [-0.1, -0.05) is 19.3 Å². The second-order valence-corrected chi connectivity index (χ2v) is 7.55. The maximum atomic E-state index is 12.6. The Labute approximate surface area is 115 Å². The van der Waals surface area contributed by atoms with Gasteiger partial charge in [-0.05, 0) is 55.8 Å². The normalized spacial score (nSPS) is 45.8. The highest BCUT2D eigenvalue weighted by Gasteiger charge is 2.67. The van der Waals surface area contributed by atoms with Gasteiger partial charge in [0.2, 0.25) is 5.91 Å². The van der Waals surface area contributed by atoms with Crippen molar-refractivity contribution in [1.29, 1.82) is 0 Å². The first kappa shape index (κ1) is 12.2. The van der Waals surface area contributed by atoms with Crippen LogP contribution in [0.2, 0.25) is 0 Å². The fraction of sp³-hybridized carbons (Fsp3) is 0.938. The standard InChI is InChI=1S/C16H26N2O/c17-9-16(6-2-1-3-7-16)18-15(19)14-12-10-4-5-11(8-10)13(12)14/h10-14H,1-9,17H2,(H,18,19). The number of fused-ring (bicyclic) bond motifs is 5. The summed E-state index contributed by atoms with van der Waals surface area (Å²) in [7, 11) is 0. The van der Waals surface area contributed by atoms with Crippen molar-refractivity contribution in [3.8, 4) is 0 Å². The van der Waals surface area contributed by atoms with E-state index in [1.165, 1.54) is 38.5 Å². The van der Waals surface area contributed by atoms with Crippen molar-refractivity contribution in [2.75, 3.05) is 6.54 Å². The molecule has 3 N–H and O–H groups in total. The van der Waals surface area contributed by atoms with Gasteiger partial charge in [0.05, 0.1) is 5.54 Å². The molecule has 4 fully saturated rings. The molecule has 0 saturated heterocycles. The van der Waals surface area contributed by atoms with Crippen LogP contribution in [0.25, 0.3) is 0 Å². The lowest BCUT2D eigenvalue weighted by Crippen LogP contribution is -2.55. The second-order valence-electron chi connectivity index (χ2n) is 7.55. The Morgan fingerprint density at radius 1 is 1.11 bits per heavy atom. The summed E-state index contributed by atoms with van der Waals surface area (Å²) in [5.74, 6) is 3.96. The second kappa shape index (κ2) is 4.21. The van der Waals surface area contributed by atoms with Gasteiger partial charge in [-0.25, -0.2) is 0 Å². The number of carbonyl (C=O) groups excluding carboxylic acids is 1. The van der Waals surface area contributed by atoms with Gasteiger partial charge in [-0.2, -0.15) is 0 Å². The monoisotopic (exact) mass is 262 g/mol. The molecule has 0 aromatic heterocycles. The molecule has 3 nitrogen and oxygen atoms in total. The van der Waals surface area contributed by atoms with E-state index in [9.17, 15) is 4.79 Å². The molecule has 4 atom stereocenters. The molecule has 0 spiro atoms. The highest BCUT2D eigenvalue weighted by Crippen LogP contribution is 2.69. The molecule has 4 aliphatic rings. The Hall–Kier alpha value is -0.570. The molecule has 0 heterocycles. The molecule has 2 bridgehead atoms. The predicted octanol–water partition coefficient (Wildman–Crippen LogP) is 2.06. The molecule has 4 saturated carbocycles. The quantitative estimate of drug-likeness (QED) is 0.818. The third-order valence-corrected chi connectivity index (χ3v) is 6.63. The van der Waals surface area contributed by atoms with Crippen LogP contribution < -0.4 is 11.1 Å². The van der Waals surface area contributed by atoms with Crippen LogP contribution >= 0.6 is 0 Å². The first-order valence-corrected chi connectivity index (χ1v) is 8.26. The van der Waals surface area contributed by atoms with E-state index < -0.39 is 0 Å². The summed E-state index contributed by atoms with van der Waals surface area (Å²) in [6.45, 7) is 0.619. The maximum absolute atomic E-state index is 12.6. The van der Waals surface area contributed by atoms with E-state index in [1.807, 2.05) is 0 Å². The summed E-state index contributed by atoms with van der Waals surface area (Å²) in [5.41, 5.74) is 5.91. The van der Waals surface area contributed by atoms with Gasteiger partial charge >= 0.3 is 0 Å². The van der Waals surface area contributed by atoms with Gasteiger partial charge in [0.15, 0.2) is 0 Å². The lowest BCUT2D eigenvalue weighted by atomic mass is 9.81. The number of amides is 1. The van der Waals surface area contributed by atoms with Crippen molar-refractivity contribution in [3.05, 3.63) is 0 Å². The summed E-state index contributed by atoms with van der Waals surface area (Å²) in [4.78, 5) is 12.6. The molecule has 4 rings (SSSR count). The minimum Gasteiger partial charge on any atom is -0.349 e. The van der Waals surface area contributed by atoms with Crippen LogP contribution in [0.3, 0.4) is 0 Å². The highest BCUT2D eigenvalue weighted by atomic mass is 16.2. The van der Waals surface area contributed by atoms with Crippen LogP contribution in [0.4, 0.5) is 0 Å². The van der Waals surface area contributed by atoms with Crippen LogP contribution in [0.5, 0.6) is 0 Å². The Balaban J connectivity index is 1.42. The molecule has 19 heavy (non-hydrogen) atoms. The van der Waals surface area contributed by atoms with Gasteiger partial charge in [0.1, 0.15) is 0 Å². The van der Waals surface area contributed by atoms with E-state index in [1.54, 1.807) is 0 Å². The molecule has 4 unspecified atom stereocenters. The van der Waals surface area contributed by atoms with Crippen LogP contribution in [-0.2, 0) is 4.79 Å². The lowest BCUT2D eigenvalue weighted by molar-refractivity contribution is -0.125. The number of hydrogen-bond acceptors (Lipinski definition) is 2. The number of hydrogen-bond donors (Lipinski definition) is 2. The zero-order chi connectivity index (χ0) is 13.0. The number of nitrogens with two attached hydrogens (primary N) is 1. The van der Waals surface area contributed by atoms with Crippen LogP contribution in [0.1, 0.15) is 51.4 Å². The molecule has 0 aromatic rings. The fourth-order valence-corrected chi connectivity index (χ4v) is 5.63. The van der Waals surface area contributed by atoms with Gasteiger partial charge in [-0.15, -0.1) is 0 Å². The molecular formula is C16H26N2O. The molecular weight excluding hydrogens is 236 g/mol. The van der Waals surface area contributed by atoms with Crippen LogP contribution in [0.15, 0.2) is 0 Å². The molecule has 0 aromatic carbocycles. The zero-order valence-corrected chi connectivity index (χ0v) is 11.7. The van der Waals surface area contributed by atoms with E-state index in [0.29, 0.717) is 18.4 Å². The summed E-state index contributed by atoms with van der Waals surface area (Å²) >= 11 is 0. The Kier molecular flexibility index (Phi) is 2.70. The Bertz CT molecular complexity index is 372. The van der Waals surface area contributed by atoms with Crippen molar-refractivity contribution in [2.24, 2.45) is 35.3 Å². The highest BCUT2D eigenvalue weighted by molar-refractivity contribution is 5.83. The number of rotatable bonds is 3. The van der Waals surface area contributed by atoms with E-state index in [-0.39, 0.29) is 5.54 Å². The van der Waals surface area contributed by atoms with Gasteiger partial charge in [0, 0.05) is 12.5 Å². The van der Waals surface area contributed by atoms with Gasteiger partial charge in [0.25, 0.3) is 0 Å². The van der Waals surface area contributed by atoms with E-state index in [2.05, 4.69) is 5.32 Å². The third kappa shape index (κ3) is 1.77. The lowest BCUT2D eigenvalue weighted by Gasteiger charge is -2.37. The number of nitrogens with one attached hydrogen (secondary N) is 1. The Morgan fingerprint density at radius 2 is 1.74 bits per heavy atom. The average Bonchev–Trinajstić information content (AvgIpc) is 2.89. The van der Waals surface area contributed by atoms with Crippen molar-refractivity contribution >= 4 is 5.91 Å². The smallest absolute Gasteiger partial charge is 0.224 e. The molecule has 1 amide bonds. The van der Waals surface area contributed by atoms with Gasteiger partial charge < -0.3 is 11.1 Å². The zero-order valence-electron chi connectivity index (χ0n) is 11.7. The van der Waals surface area contributed by atoms with Crippen molar-refractivity contribution in [3.63, 3.8) is 0 Å². The van der Waals surface area contributed by atoms with E-state index in [4.69, 9.17) is 5.73 Å². The fourth-order valence-electron chi connectivity index (χ4n) is 5.63. The van der Waals surface area contributed by atoms with Crippen molar-refractivity contribution in [1.82, 2.24) is 5.32 Å². The summed E-state index contributed by atoms with van der Waals surface area (Å²) in [5, 5.41) is 3.38. The van der Waals surface area contributed by atoms with E-state index >= 15 is 0 Å². The van der Waals surface area contributed by atoms with Crippen molar-refractivity contribution in [2.45, 2.75) is 56.9 Å². The largest absolute Gasteiger partial charge is 0.349 e. The molecule has 3 heteroatoms. The molecule has 106 valence electrons. The first-order chi connectivity index (χ1) is 9.24. The first-order valence-electron chi connectivity index (χ1n) is 8.26. The minimum atomic E-state index is -0.0642. The minimum absolute atomic E-state index is 0.0642. The SMILES string of the molecule is NCC1(NC(=O)C2C3C4CCC(C4)C23)CCCCC1.